The third kappa shape index (κ3) is 3.67. The summed E-state index contributed by atoms with van der Waals surface area (Å²) in [4.78, 5) is 11.2. The Labute approximate surface area is 114 Å². The van der Waals surface area contributed by atoms with Gasteiger partial charge in [0.05, 0.1) is 18.8 Å². The van der Waals surface area contributed by atoms with Crippen molar-refractivity contribution in [1.29, 1.82) is 0 Å². The average Bonchev–Trinajstić information content (AvgIpc) is 2.81. The van der Waals surface area contributed by atoms with Crippen LogP contribution in [0.4, 0.5) is 0 Å². The molecule has 0 saturated carbocycles. The molecule has 0 spiro atoms. The molecule has 0 aliphatic carbocycles. The van der Waals surface area contributed by atoms with Crippen molar-refractivity contribution in [2.75, 3.05) is 32.0 Å². The van der Waals surface area contributed by atoms with E-state index in [1.54, 1.807) is 6.92 Å². The predicted molar refractivity (Wildman–Crippen MR) is 71.1 cm³/mol. The number of rotatable bonds is 5. The lowest BCUT2D eigenvalue weighted by Crippen LogP contribution is -2.41. The smallest absolute Gasteiger partial charge is 0.306 e. The van der Waals surface area contributed by atoms with Gasteiger partial charge in [0.1, 0.15) is 0 Å². The molecule has 2 atom stereocenters. The molecular formula is C12H22N2O4S. The Kier molecular flexibility index (Phi) is 4.81. The van der Waals surface area contributed by atoms with Crippen LogP contribution in [0.2, 0.25) is 0 Å². The van der Waals surface area contributed by atoms with Crippen molar-refractivity contribution in [3.8, 4) is 0 Å². The highest BCUT2D eigenvalue weighted by Gasteiger charge is 2.39. The van der Waals surface area contributed by atoms with Crippen LogP contribution in [0.3, 0.4) is 0 Å². The second kappa shape index (κ2) is 6.19. The van der Waals surface area contributed by atoms with Crippen molar-refractivity contribution in [1.82, 2.24) is 9.62 Å². The maximum absolute atomic E-state index is 12.2. The fourth-order valence-corrected chi connectivity index (χ4v) is 4.30. The summed E-state index contributed by atoms with van der Waals surface area (Å²) in [6.45, 7) is 4.09. The quantitative estimate of drug-likeness (QED) is 0.719. The van der Waals surface area contributed by atoms with E-state index in [2.05, 4.69) is 5.32 Å². The number of carbonyl (C=O) groups excluding carboxylic acids is 1. The lowest BCUT2D eigenvalue weighted by molar-refractivity contribution is -0.142. The minimum Gasteiger partial charge on any atom is -0.466 e. The van der Waals surface area contributed by atoms with E-state index in [9.17, 15) is 13.2 Å². The van der Waals surface area contributed by atoms with Crippen molar-refractivity contribution in [3.05, 3.63) is 0 Å². The molecule has 0 amide bonds. The van der Waals surface area contributed by atoms with Gasteiger partial charge in [0.2, 0.25) is 10.0 Å². The second-order valence-corrected chi connectivity index (χ2v) is 7.24. The van der Waals surface area contributed by atoms with Gasteiger partial charge in [-0.25, -0.2) is 12.7 Å². The lowest BCUT2D eigenvalue weighted by Gasteiger charge is -2.24. The fraction of sp³-hybridized carbons (Fsp3) is 0.917. The number of nitrogens with one attached hydrogen (secondary N) is 1. The van der Waals surface area contributed by atoms with E-state index >= 15 is 0 Å². The summed E-state index contributed by atoms with van der Waals surface area (Å²) in [5, 5.41) is 3.37. The van der Waals surface area contributed by atoms with Crippen LogP contribution in [-0.2, 0) is 19.6 Å². The van der Waals surface area contributed by atoms with Crippen molar-refractivity contribution in [2.24, 2.45) is 5.92 Å². The first-order valence-corrected chi connectivity index (χ1v) is 8.50. The summed E-state index contributed by atoms with van der Waals surface area (Å²) in [5.41, 5.74) is 0. The maximum atomic E-state index is 12.2. The molecule has 0 radical (unpaired) electrons. The van der Waals surface area contributed by atoms with Crippen molar-refractivity contribution >= 4 is 16.0 Å². The summed E-state index contributed by atoms with van der Waals surface area (Å²) < 4.78 is 30.6. The van der Waals surface area contributed by atoms with Gasteiger partial charge in [-0.05, 0) is 32.2 Å². The molecule has 2 heterocycles. The molecule has 0 aromatic carbocycles. The van der Waals surface area contributed by atoms with Crippen LogP contribution < -0.4 is 5.32 Å². The number of hydrogen-bond donors (Lipinski definition) is 1. The Bertz CT molecular complexity index is 409. The number of carbonyl (C=O) groups is 1. The second-order valence-electron chi connectivity index (χ2n) is 5.15. The predicted octanol–water partition coefficient (Wildman–Crippen LogP) is -0.0468. The average molecular weight is 290 g/mol. The third-order valence-corrected chi connectivity index (χ3v) is 5.63. The highest BCUT2D eigenvalue weighted by molar-refractivity contribution is 7.89. The maximum Gasteiger partial charge on any atom is 0.306 e. The van der Waals surface area contributed by atoms with Crippen LogP contribution in [-0.4, -0.2) is 56.7 Å². The zero-order chi connectivity index (χ0) is 13.9. The molecule has 0 aromatic heterocycles. The van der Waals surface area contributed by atoms with Crippen LogP contribution in [0.1, 0.15) is 26.2 Å². The molecule has 2 aliphatic heterocycles. The Morgan fingerprint density at radius 1 is 1.42 bits per heavy atom. The van der Waals surface area contributed by atoms with E-state index in [1.807, 2.05) is 0 Å². The van der Waals surface area contributed by atoms with E-state index < -0.39 is 16.0 Å². The Balaban J connectivity index is 1.88. The van der Waals surface area contributed by atoms with Crippen molar-refractivity contribution in [3.63, 3.8) is 0 Å². The van der Waals surface area contributed by atoms with Gasteiger partial charge in [0.15, 0.2) is 0 Å². The zero-order valence-electron chi connectivity index (χ0n) is 11.3. The van der Waals surface area contributed by atoms with E-state index in [-0.39, 0.29) is 24.8 Å². The molecule has 2 fully saturated rings. The molecule has 19 heavy (non-hydrogen) atoms. The third-order valence-electron chi connectivity index (χ3n) is 3.83. The van der Waals surface area contributed by atoms with Crippen molar-refractivity contribution < 1.29 is 17.9 Å². The van der Waals surface area contributed by atoms with Crippen LogP contribution in [0.5, 0.6) is 0 Å². The molecule has 0 aromatic rings. The van der Waals surface area contributed by atoms with Crippen LogP contribution in [0.15, 0.2) is 0 Å². The molecule has 2 saturated heterocycles. The summed E-state index contributed by atoms with van der Waals surface area (Å²) in [7, 11) is -3.34. The SMILES string of the molecule is CCOC(=O)CCS(=O)(=O)N1CC2CCCNC2C1. The van der Waals surface area contributed by atoms with Crippen LogP contribution in [0, 0.1) is 5.92 Å². The summed E-state index contributed by atoms with van der Waals surface area (Å²) in [6.07, 6.45) is 2.13. The molecular weight excluding hydrogens is 268 g/mol. The molecule has 110 valence electrons. The monoisotopic (exact) mass is 290 g/mol. The first kappa shape index (κ1) is 14.7. The number of ether oxygens (including phenoxy) is 1. The highest BCUT2D eigenvalue weighted by atomic mass is 32.2. The van der Waals surface area contributed by atoms with Crippen LogP contribution >= 0.6 is 0 Å². The molecule has 2 unspecified atom stereocenters. The lowest BCUT2D eigenvalue weighted by atomic mass is 9.94. The van der Waals surface area contributed by atoms with Crippen LogP contribution in [0.25, 0.3) is 0 Å². The zero-order valence-corrected chi connectivity index (χ0v) is 12.1. The molecule has 2 aliphatic rings. The summed E-state index contributed by atoms with van der Waals surface area (Å²) in [6, 6.07) is 0.283. The van der Waals surface area contributed by atoms with Gasteiger partial charge in [-0.2, -0.15) is 0 Å². The number of esters is 1. The van der Waals surface area contributed by atoms with E-state index in [0.717, 1.165) is 19.4 Å². The fourth-order valence-electron chi connectivity index (χ4n) is 2.81. The van der Waals surface area contributed by atoms with E-state index in [4.69, 9.17) is 4.74 Å². The standard InChI is InChI=1S/C12H22N2O4S/c1-2-18-12(15)5-7-19(16,17)14-8-10-4-3-6-13-11(10)9-14/h10-11,13H,2-9H2,1H3. The minimum absolute atomic E-state index is 0.0601. The van der Waals surface area contributed by atoms with Gasteiger partial charge in [0, 0.05) is 19.1 Å². The van der Waals surface area contributed by atoms with E-state index in [0.29, 0.717) is 19.0 Å². The highest BCUT2D eigenvalue weighted by Crippen LogP contribution is 2.27. The first-order valence-electron chi connectivity index (χ1n) is 6.89. The van der Waals surface area contributed by atoms with Gasteiger partial charge in [-0.3, -0.25) is 4.79 Å². The summed E-state index contributed by atoms with van der Waals surface area (Å²) >= 11 is 0. The molecule has 6 nitrogen and oxygen atoms in total. The number of piperidine rings is 1. The Morgan fingerprint density at radius 2 is 2.21 bits per heavy atom. The minimum atomic E-state index is -3.34. The van der Waals surface area contributed by atoms with E-state index in [1.165, 1.54) is 4.31 Å². The first-order chi connectivity index (χ1) is 9.03. The van der Waals surface area contributed by atoms with Gasteiger partial charge in [-0.1, -0.05) is 0 Å². The summed E-state index contributed by atoms with van der Waals surface area (Å²) in [5.74, 6) is -0.169. The molecule has 7 heteroatoms. The van der Waals surface area contributed by atoms with Gasteiger partial charge in [0.25, 0.3) is 0 Å². The topological polar surface area (TPSA) is 75.7 Å². The van der Waals surface area contributed by atoms with Gasteiger partial charge in [-0.15, -0.1) is 0 Å². The normalized spacial score (nSPS) is 28.1. The Morgan fingerprint density at radius 3 is 2.89 bits per heavy atom. The number of fused-ring (bicyclic) bond motifs is 1. The van der Waals surface area contributed by atoms with Crippen molar-refractivity contribution in [2.45, 2.75) is 32.2 Å². The van der Waals surface area contributed by atoms with Gasteiger partial charge >= 0.3 is 5.97 Å². The number of sulfonamides is 1. The molecule has 2 rings (SSSR count). The Hall–Kier alpha value is -0.660. The number of hydrogen-bond acceptors (Lipinski definition) is 5. The van der Waals surface area contributed by atoms with Gasteiger partial charge < -0.3 is 10.1 Å². The largest absolute Gasteiger partial charge is 0.466 e. The molecule has 0 bridgehead atoms. The number of nitrogens with zero attached hydrogens (tertiary/aromatic N) is 1. The molecule has 1 N–H and O–H groups in total.